The number of rotatable bonds is 2. The van der Waals surface area contributed by atoms with Crippen LogP contribution in [0.4, 0.5) is 4.79 Å². The largest absolute Gasteiger partial charge is 0.622 e. The van der Waals surface area contributed by atoms with E-state index >= 15 is 0 Å². The molecule has 4 heterocycles. The van der Waals surface area contributed by atoms with Crippen LogP contribution in [0.2, 0.25) is 0 Å². The van der Waals surface area contributed by atoms with Crippen molar-refractivity contribution in [2.75, 3.05) is 26.2 Å². The molecule has 4 aliphatic heterocycles. The van der Waals surface area contributed by atoms with Gasteiger partial charge in [0.25, 0.3) is 0 Å². The Morgan fingerprint density at radius 2 is 1.69 bits per heavy atom. The van der Waals surface area contributed by atoms with Gasteiger partial charge in [-0.15, -0.1) is 0 Å². The molecule has 6 nitrogen and oxygen atoms in total. The molecule has 3 fully saturated rings. The molecule has 152 valence electrons. The van der Waals surface area contributed by atoms with Crippen molar-refractivity contribution in [3.63, 3.8) is 0 Å². The number of hydrogen-bond acceptors (Lipinski definition) is 5. The fraction of sp³-hybridized carbons (Fsp3) is 0.435. The van der Waals surface area contributed by atoms with E-state index in [9.17, 15) is 15.1 Å². The fourth-order valence-corrected chi connectivity index (χ4v) is 5.25. The predicted octanol–water partition coefficient (Wildman–Crippen LogP) is 3.37. The number of fused-ring (bicyclic) bond motifs is 4. The molecule has 29 heavy (non-hydrogen) atoms. The first-order valence-corrected chi connectivity index (χ1v) is 10.4. The van der Waals surface area contributed by atoms with Crippen LogP contribution >= 0.6 is 0 Å². The molecule has 2 aromatic rings. The minimum Gasteiger partial charge on any atom is -0.622 e. The highest BCUT2D eigenvalue weighted by molar-refractivity contribution is 5.62. The van der Waals surface area contributed by atoms with Crippen molar-refractivity contribution in [2.24, 2.45) is 5.92 Å². The number of aliphatic hydroxyl groups excluding tert-OH is 1. The molecule has 1 amide bonds. The van der Waals surface area contributed by atoms with Crippen LogP contribution in [0.3, 0.4) is 0 Å². The molecule has 4 aliphatic rings. The lowest BCUT2D eigenvalue weighted by molar-refractivity contribution is -0.842. The number of hydrogen-bond donors (Lipinski definition) is 1. The molecule has 6 rings (SSSR count). The van der Waals surface area contributed by atoms with Gasteiger partial charge in [0.05, 0.1) is 0 Å². The number of piperidine rings is 3. The van der Waals surface area contributed by atoms with Crippen LogP contribution in [-0.4, -0.2) is 53.0 Å². The fourth-order valence-electron chi connectivity index (χ4n) is 5.25. The van der Waals surface area contributed by atoms with Crippen LogP contribution in [-0.2, 0) is 4.74 Å². The molecule has 0 saturated carbocycles. The Bertz CT molecular complexity index is 897. The Kier molecular flexibility index (Phi) is 4.67. The average molecular weight is 394 g/mol. The molecule has 2 aromatic carbocycles. The average Bonchev–Trinajstić information content (AvgIpc) is 2.75. The number of aliphatic hydroxyl groups is 1. The van der Waals surface area contributed by atoms with Crippen molar-refractivity contribution in [1.29, 1.82) is 0 Å². The third-order valence-electron chi connectivity index (χ3n) is 6.78. The Morgan fingerprint density at radius 1 is 1.03 bits per heavy atom. The normalized spacial score (nSPS) is 35.7. The van der Waals surface area contributed by atoms with E-state index in [2.05, 4.69) is 4.90 Å². The van der Waals surface area contributed by atoms with Gasteiger partial charge in [0.1, 0.15) is 18.8 Å². The van der Waals surface area contributed by atoms with Crippen LogP contribution < -0.4 is 0 Å². The van der Waals surface area contributed by atoms with Gasteiger partial charge < -0.3 is 15.1 Å². The Hall–Kier alpha value is -2.25. The second kappa shape index (κ2) is 7.22. The second-order valence-electron chi connectivity index (χ2n) is 8.50. The van der Waals surface area contributed by atoms with Gasteiger partial charge in [-0.25, -0.2) is 4.65 Å². The third-order valence-corrected chi connectivity index (χ3v) is 6.78. The first-order valence-electron chi connectivity index (χ1n) is 10.4. The highest BCUT2D eigenvalue weighted by Crippen LogP contribution is 2.44. The van der Waals surface area contributed by atoms with E-state index in [1.54, 1.807) is 0 Å². The van der Waals surface area contributed by atoms with Crippen molar-refractivity contribution in [3.05, 3.63) is 76.5 Å². The van der Waals surface area contributed by atoms with Crippen molar-refractivity contribution in [2.45, 2.75) is 31.1 Å². The van der Waals surface area contributed by atoms with Crippen LogP contribution in [0.5, 0.6) is 0 Å². The number of carbonyl (C=O) groups is 1. The topological polar surface area (TPSA) is 72.8 Å². The van der Waals surface area contributed by atoms with Crippen molar-refractivity contribution >= 4 is 6.09 Å². The van der Waals surface area contributed by atoms with Crippen LogP contribution in [0, 0.1) is 11.1 Å². The summed E-state index contributed by atoms with van der Waals surface area (Å²) in [5.41, 5.74) is 2.16. The molecule has 1 unspecified atom stereocenters. The number of ether oxygens (including phenoxy) is 1. The molecular weight excluding hydrogens is 368 g/mol. The molecule has 3 saturated heterocycles. The summed E-state index contributed by atoms with van der Waals surface area (Å²) in [6.07, 6.45) is -0.0111. The lowest BCUT2D eigenvalue weighted by atomic mass is 9.85. The maximum Gasteiger partial charge on any atom is 0.517 e. The molecule has 0 aliphatic carbocycles. The molecule has 4 atom stereocenters. The number of quaternary nitrogens is 1. The summed E-state index contributed by atoms with van der Waals surface area (Å²) >= 11 is 0. The van der Waals surface area contributed by atoms with E-state index in [0.717, 1.165) is 31.5 Å². The summed E-state index contributed by atoms with van der Waals surface area (Å²) in [7, 11) is 0. The van der Waals surface area contributed by atoms with E-state index < -0.39 is 22.9 Å². The zero-order chi connectivity index (χ0) is 20.0. The maximum absolute atomic E-state index is 14.1. The van der Waals surface area contributed by atoms with Crippen LogP contribution in [0.1, 0.15) is 41.7 Å². The monoisotopic (exact) mass is 394 g/mol. The summed E-state index contributed by atoms with van der Waals surface area (Å²) in [4.78, 5) is 15.6. The standard InChI is InChI=1S/C23H26N2O4/c26-20-15-25(28,23(27)29-21-14-24-12-10-16(21)11-13-24)22(17-6-2-1-3-7-17)19-9-5-4-8-18(19)20/h1-9,16,20-22,26H,10-15H2/t20-,21-,22-,25?/m0/s1. The van der Waals surface area contributed by atoms with Gasteiger partial charge in [-0.3, -0.25) is 4.90 Å². The smallest absolute Gasteiger partial charge is 0.517 e. The summed E-state index contributed by atoms with van der Waals surface area (Å²) in [6, 6.07) is 16.0. The summed E-state index contributed by atoms with van der Waals surface area (Å²) in [5.74, 6) is 0.327. The predicted molar refractivity (Wildman–Crippen MR) is 108 cm³/mol. The van der Waals surface area contributed by atoms with Gasteiger partial charge in [0.2, 0.25) is 0 Å². The third kappa shape index (κ3) is 3.16. The van der Waals surface area contributed by atoms with E-state index in [1.165, 1.54) is 0 Å². The minimum atomic E-state index is -1.22. The van der Waals surface area contributed by atoms with Gasteiger partial charge >= 0.3 is 6.09 Å². The number of benzene rings is 2. The van der Waals surface area contributed by atoms with E-state index in [-0.39, 0.29) is 12.6 Å². The summed E-state index contributed by atoms with van der Waals surface area (Å²) in [6.45, 7) is 2.53. The van der Waals surface area contributed by atoms with E-state index in [4.69, 9.17) is 4.74 Å². The lowest BCUT2D eigenvalue weighted by Crippen LogP contribution is -2.59. The quantitative estimate of drug-likeness (QED) is 0.625. The van der Waals surface area contributed by atoms with Crippen molar-refractivity contribution in [3.8, 4) is 0 Å². The first kappa shape index (κ1) is 18.8. The maximum atomic E-state index is 14.1. The Balaban J connectivity index is 1.51. The number of hydroxylamine groups is 3. The molecule has 2 bridgehead atoms. The lowest BCUT2D eigenvalue weighted by Gasteiger charge is -2.51. The van der Waals surface area contributed by atoms with Crippen LogP contribution in [0.15, 0.2) is 54.6 Å². The zero-order valence-electron chi connectivity index (χ0n) is 16.3. The number of amides is 1. The van der Waals surface area contributed by atoms with Gasteiger partial charge in [-0.2, -0.15) is 4.79 Å². The minimum absolute atomic E-state index is 0.236. The van der Waals surface area contributed by atoms with Crippen molar-refractivity contribution in [1.82, 2.24) is 4.90 Å². The molecule has 0 spiro atoms. The zero-order valence-corrected chi connectivity index (χ0v) is 16.3. The summed E-state index contributed by atoms with van der Waals surface area (Å²) in [5, 5.41) is 24.8. The van der Waals surface area contributed by atoms with Gasteiger partial charge in [0, 0.05) is 17.7 Å². The van der Waals surface area contributed by atoms with Gasteiger partial charge in [-0.05, 0) is 37.4 Å². The van der Waals surface area contributed by atoms with E-state index in [1.807, 2.05) is 54.6 Å². The SMILES string of the molecule is O=C(O[C@H]1CN2CCC1CC2)[N+]1([O-])C[C@H](O)c2ccccc2[C@@H]1c1ccccc1. The highest BCUT2D eigenvalue weighted by Gasteiger charge is 2.49. The molecule has 6 heteroatoms. The van der Waals surface area contributed by atoms with E-state index in [0.29, 0.717) is 23.6 Å². The Morgan fingerprint density at radius 3 is 2.34 bits per heavy atom. The molecule has 0 radical (unpaired) electrons. The first-order chi connectivity index (χ1) is 14.1. The van der Waals surface area contributed by atoms with Crippen molar-refractivity contribution < 1.29 is 19.3 Å². The summed E-state index contributed by atoms with van der Waals surface area (Å²) < 4.78 is 4.63. The van der Waals surface area contributed by atoms with Gasteiger partial charge in [0.15, 0.2) is 6.04 Å². The molecular formula is C23H26N2O4. The Labute approximate surface area is 170 Å². The molecule has 0 aromatic heterocycles. The highest BCUT2D eigenvalue weighted by atomic mass is 16.7. The van der Waals surface area contributed by atoms with Crippen LogP contribution in [0.25, 0.3) is 0 Å². The number of carbonyl (C=O) groups excluding carboxylic acids is 1. The molecule has 1 N–H and O–H groups in total. The van der Waals surface area contributed by atoms with Gasteiger partial charge in [-0.1, -0.05) is 54.6 Å². The number of nitrogens with zero attached hydrogens (tertiary/aromatic N) is 2. The second-order valence-corrected chi connectivity index (χ2v) is 8.50.